The molecule has 23 heavy (non-hydrogen) atoms. The second-order valence-electron chi connectivity index (χ2n) is 7.73. The van der Waals surface area contributed by atoms with Crippen LogP contribution in [0.25, 0.3) is 10.8 Å². The highest BCUT2D eigenvalue weighted by Gasteiger charge is 2.17. The summed E-state index contributed by atoms with van der Waals surface area (Å²) >= 11 is 0. The molecule has 0 aliphatic heterocycles. The van der Waals surface area contributed by atoms with Gasteiger partial charge < -0.3 is 0 Å². The first kappa shape index (κ1) is 21.7. The Bertz CT molecular complexity index is 604. The predicted molar refractivity (Wildman–Crippen MR) is 109 cm³/mol. The normalized spacial score (nSPS) is 11.3. The monoisotopic (exact) mass is 314 g/mol. The molecule has 0 N–H and O–H groups in total. The zero-order chi connectivity index (χ0) is 18.4. The average Bonchev–Trinajstić information content (AvgIpc) is 2.49. The first-order chi connectivity index (χ1) is 10.6. The lowest BCUT2D eigenvalue weighted by atomic mass is 9.82. The van der Waals surface area contributed by atoms with Crippen molar-refractivity contribution in [1.29, 1.82) is 0 Å². The van der Waals surface area contributed by atoms with E-state index in [0.29, 0.717) is 0 Å². The fourth-order valence-electron chi connectivity index (χ4n) is 2.44. The summed E-state index contributed by atoms with van der Waals surface area (Å²) in [5.74, 6) is 0. The molecule has 0 spiro atoms. The number of aryl methyl sites for hydroxylation is 1. The highest BCUT2D eigenvalue weighted by molar-refractivity contribution is 5.87. The average molecular weight is 315 g/mol. The van der Waals surface area contributed by atoms with Crippen LogP contribution in [0.3, 0.4) is 0 Å². The van der Waals surface area contributed by atoms with Gasteiger partial charge in [0.2, 0.25) is 0 Å². The van der Waals surface area contributed by atoms with Crippen molar-refractivity contribution in [1.82, 2.24) is 0 Å². The molecule has 2 aromatic carbocycles. The highest BCUT2D eigenvalue weighted by Crippen LogP contribution is 2.31. The lowest BCUT2D eigenvalue weighted by Crippen LogP contribution is -2.12. The van der Waals surface area contributed by atoms with Crippen LogP contribution in [0, 0.1) is 6.92 Å². The maximum absolute atomic E-state index is 2.36. The third kappa shape index (κ3) is 5.68. The van der Waals surface area contributed by atoms with Crippen molar-refractivity contribution in [2.24, 2.45) is 0 Å². The van der Waals surface area contributed by atoms with Gasteiger partial charge in [0.15, 0.2) is 0 Å². The molecule has 0 saturated carbocycles. The van der Waals surface area contributed by atoms with Crippen LogP contribution in [-0.4, -0.2) is 0 Å². The summed E-state index contributed by atoms with van der Waals surface area (Å²) in [6.07, 6.45) is 0. The van der Waals surface area contributed by atoms with Crippen molar-refractivity contribution in [3.8, 4) is 0 Å². The van der Waals surface area contributed by atoms with Gasteiger partial charge >= 0.3 is 0 Å². The van der Waals surface area contributed by atoms with E-state index in [4.69, 9.17) is 0 Å². The van der Waals surface area contributed by atoms with Gasteiger partial charge in [-0.3, -0.25) is 0 Å². The number of benzene rings is 2. The van der Waals surface area contributed by atoms with Gasteiger partial charge in [0.05, 0.1) is 0 Å². The Labute approximate surface area is 145 Å². The third-order valence-corrected chi connectivity index (χ3v) is 3.89. The van der Waals surface area contributed by atoms with E-state index in [0.717, 1.165) is 0 Å². The van der Waals surface area contributed by atoms with E-state index < -0.39 is 0 Å². The Kier molecular flexibility index (Phi) is 8.04. The molecular formula is C23H38. The second-order valence-corrected chi connectivity index (χ2v) is 7.73. The van der Waals surface area contributed by atoms with Gasteiger partial charge in [0.25, 0.3) is 0 Å². The molecule has 0 atom stereocenters. The summed E-state index contributed by atoms with van der Waals surface area (Å²) in [5.41, 5.74) is 4.63. The third-order valence-electron chi connectivity index (χ3n) is 3.89. The summed E-state index contributed by atoms with van der Waals surface area (Å²) in [4.78, 5) is 0. The molecule has 0 aliphatic rings. The Hall–Kier alpha value is -1.30. The van der Waals surface area contributed by atoms with Crippen LogP contribution in [0.4, 0.5) is 0 Å². The Balaban J connectivity index is 0.00000112. The first-order valence-electron chi connectivity index (χ1n) is 9.14. The van der Waals surface area contributed by atoms with Gasteiger partial charge in [-0.1, -0.05) is 99.6 Å². The van der Waals surface area contributed by atoms with Crippen LogP contribution in [0.2, 0.25) is 0 Å². The zero-order valence-corrected chi connectivity index (χ0v) is 17.4. The largest absolute Gasteiger partial charge is 0.0683 e. The van der Waals surface area contributed by atoms with Crippen LogP contribution in [0.1, 0.15) is 85.9 Å². The quantitative estimate of drug-likeness (QED) is 0.465. The molecule has 2 aromatic rings. The molecule has 0 aromatic heterocycles. The van der Waals surface area contributed by atoms with Crippen LogP contribution in [0.15, 0.2) is 30.3 Å². The van der Waals surface area contributed by atoms with E-state index in [2.05, 4.69) is 78.8 Å². The minimum atomic E-state index is 0.210. The molecule has 0 heteroatoms. The number of rotatable bonds is 0. The standard InChI is InChI=1S/C19H26.2C2H6/c1-13-10-16(19(5,6)7)11-14-8-9-15(12-17(13)14)18(2,3)4;2*1-2/h8-12H,1-7H3;2*1-2H3. The number of hydrogen-bond acceptors (Lipinski definition) is 0. The maximum atomic E-state index is 2.36. The maximum Gasteiger partial charge on any atom is -0.0132 e. The molecule has 0 bridgehead atoms. The fourth-order valence-corrected chi connectivity index (χ4v) is 2.44. The van der Waals surface area contributed by atoms with E-state index in [1.807, 2.05) is 27.7 Å². The minimum Gasteiger partial charge on any atom is -0.0683 e. The van der Waals surface area contributed by atoms with E-state index in [9.17, 15) is 0 Å². The molecule has 130 valence electrons. The van der Waals surface area contributed by atoms with Gasteiger partial charge in [0.1, 0.15) is 0 Å². The number of hydrogen-bond donors (Lipinski definition) is 0. The Morgan fingerprint density at radius 3 is 1.52 bits per heavy atom. The predicted octanol–water partition coefficient (Wildman–Crippen LogP) is 7.80. The lowest BCUT2D eigenvalue weighted by Gasteiger charge is -2.23. The fraction of sp³-hybridized carbons (Fsp3) is 0.565. The molecule has 0 saturated heterocycles. The summed E-state index contributed by atoms with van der Waals surface area (Å²) in [6.45, 7) is 23.9. The lowest BCUT2D eigenvalue weighted by molar-refractivity contribution is 0.589. The summed E-state index contributed by atoms with van der Waals surface area (Å²) < 4.78 is 0. The molecular weight excluding hydrogens is 276 g/mol. The van der Waals surface area contributed by atoms with Crippen LogP contribution >= 0.6 is 0 Å². The Morgan fingerprint density at radius 2 is 1.09 bits per heavy atom. The highest BCUT2D eigenvalue weighted by atomic mass is 14.2. The van der Waals surface area contributed by atoms with E-state index in [1.165, 1.54) is 27.5 Å². The molecule has 0 amide bonds. The van der Waals surface area contributed by atoms with Gasteiger partial charge in [-0.15, -0.1) is 0 Å². The minimum absolute atomic E-state index is 0.210. The van der Waals surface area contributed by atoms with Gasteiger partial charge in [-0.05, 0) is 45.2 Å². The molecule has 0 fully saturated rings. The van der Waals surface area contributed by atoms with Gasteiger partial charge in [-0.2, -0.15) is 0 Å². The van der Waals surface area contributed by atoms with Crippen LogP contribution in [-0.2, 0) is 10.8 Å². The second kappa shape index (κ2) is 8.52. The SMILES string of the molecule is CC.CC.Cc1cc(C(C)(C)C)cc2ccc(C(C)(C)C)cc12. The molecule has 0 aliphatic carbocycles. The summed E-state index contributed by atoms with van der Waals surface area (Å²) in [5, 5.41) is 2.75. The summed E-state index contributed by atoms with van der Waals surface area (Å²) in [6, 6.07) is 11.6. The smallest absolute Gasteiger partial charge is 0.0132 e. The molecule has 0 unspecified atom stereocenters. The van der Waals surface area contributed by atoms with Crippen LogP contribution in [0.5, 0.6) is 0 Å². The van der Waals surface area contributed by atoms with Gasteiger partial charge in [0, 0.05) is 0 Å². The van der Waals surface area contributed by atoms with E-state index >= 15 is 0 Å². The van der Waals surface area contributed by atoms with Crippen LogP contribution < -0.4 is 0 Å². The molecule has 0 nitrogen and oxygen atoms in total. The van der Waals surface area contributed by atoms with Crippen molar-refractivity contribution in [3.05, 3.63) is 47.0 Å². The van der Waals surface area contributed by atoms with Crippen molar-refractivity contribution in [2.75, 3.05) is 0 Å². The molecule has 0 heterocycles. The topological polar surface area (TPSA) is 0 Å². The van der Waals surface area contributed by atoms with Crippen molar-refractivity contribution in [2.45, 2.75) is 87.0 Å². The zero-order valence-electron chi connectivity index (χ0n) is 17.4. The Morgan fingerprint density at radius 1 is 0.609 bits per heavy atom. The van der Waals surface area contributed by atoms with Gasteiger partial charge in [-0.25, -0.2) is 0 Å². The molecule has 0 radical (unpaired) electrons. The van der Waals surface area contributed by atoms with E-state index in [-0.39, 0.29) is 10.8 Å². The number of fused-ring (bicyclic) bond motifs is 1. The first-order valence-corrected chi connectivity index (χ1v) is 9.14. The van der Waals surface area contributed by atoms with Crippen molar-refractivity contribution >= 4 is 10.8 Å². The summed E-state index contributed by atoms with van der Waals surface area (Å²) in [7, 11) is 0. The van der Waals surface area contributed by atoms with Crippen molar-refractivity contribution in [3.63, 3.8) is 0 Å². The van der Waals surface area contributed by atoms with Crippen molar-refractivity contribution < 1.29 is 0 Å². The van der Waals surface area contributed by atoms with E-state index in [1.54, 1.807) is 0 Å². The molecule has 2 rings (SSSR count).